The predicted octanol–water partition coefficient (Wildman–Crippen LogP) is 3.78. The number of fused-ring (bicyclic) bond motifs is 1. The van der Waals surface area contributed by atoms with E-state index in [1.165, 1.54) is 26.0 Å². The van der Waals surface area contributed by atoms with E-state index in [0.717, 1.165) is 23.8 Å². The molecule has 1 N–H and O–H groups in total. The number of aryl methyl sites for hydroxylation is 1. The Morgan fingerprint density at radius 2 is 1.66 bits per heavy atom. The number of hydrogen-bond donors (Lipinski definition) is 1. The molecule has 1 aromatic heterocycles. The van der Waals surface area contributed by atoms with E-state index in [9.17, 15) is 31.2 Å². The largest absolute Gasteiger partial charge is 0.425 e. The zero-order valence-electron chi connectivity index (χ0n) is 17.1. The van der Waals surface area contributed by atoms with Gasteiger partial charge in [-0.2, -0.15) is 17.9 Å². The number of carbonyl (C=O) groups excluding carboxylic acids is 1. The van der Waals surface area contributed by atoms with Crippen LogP contribution < -0.4 is 15.1 Å². The highest BCUT2D eigenvalue weighted by atomic mass is 32.2. The van der Waals surface area contributed by atoms with Gasteiger partial charge in [-0.3, -0.25) is 0 Å². The van der Waals surface area contributed by atoms with Crippen molar-refractivity contribution in [3.8, 4) is 5.75 Å². The third-order valence-corrected chi connectivity index (χ3v) is 6.13. The van der Waals surface area contributed by atoms with E-state index in [4.69, 9.17) is 9.15 Å². The number of nitrogens with one attached hydrogen (secondary N) is 1. The molecule has 0 aliphatic rings. The molecule has 0 aliphatic heterocycles. The summed E-state index contributed by atoms with van der Waals surface area (Å²) >= 11 is 0. The van der Waals surface area contributed by atoms with Gasteiger partial charge in [0.2, 0.25) is 10.0 Å². The van der Waals surface area contributed by atoms with Crippen molar-refractivity contribution < 1.29 is 35.5 Å². The van der Waals surface area contributed by atoms with E-state index in [1.54, 1.807) is 19.1 Å². The van der Waals surface area contributed by atoms with Crippen molar-refractivity contribution in [2.45, 2.75) is 37.4 Å². The Morgan fingerprint density at radius 1 is 1.03 bits per heavy atom. The lowest BCUT2D eigenvalue weighted by molar-refractivity contribution is -0.140. The van der Waals surface area contributed by atoms with Gasteiger partial charge in [-0.05, 0) is 45.0 Å². The molecule has 0 aliphatic carbocycles. The van der Waals surface area contributed by atoms with E-state index in [1.807, 2.05) is 0 Å². The summed E-state index contributed by atoms with van der Waals surface area (Å²) in [5, 5.41) is -0.392. The van der Waals surface area contributed by atoms with Crippen LogP contribution in [-0.2, 0) is 21.0 Å². The second-order valence-electron chi connectivity index (χ2n) is 7.57. The second-order valence-corrected chi connectivity index (χ2v) is 9.25. The maximum Gasteiger partial charge on any atom is 0.417 e. The van der Waals surface area contributed by atoms with Crippen molar-refractivity contribution in [2.24, 2.45) is 0 Å². The number of alkyl halides is 3. The molecular formula is C21H18F3NO6S. The van der Waals surface area contributed by atoms with E-state index < -0.39 is 49.9 Å². The smallest absolute Gasteiger partial charge is 0.417 e. The minimum Gasteiger partial charge on any atom is -0.425 e. The first-order valence-corrected chi connectivity index (χ1v) is 10.7. The third kappa shape index (κ3) is 5.00. The summed E-state index contributed by atoms with van der Waals surface area (Å²) in [4.78, 5) is 24.1. The molecule has 7 nitrogen and oxygen atoms in total. The van der Waals surface area contributed by atoms with Crippen LogP contribution in [0.5, 0.6) is 5.75 Å². The number of halogens is 3. The number of carbonyl (C=O) groups is 1. The monoisotopic (exact) mass is 469 g/mol. The molecule has 0 saturated carbocycles. The van der Waals surface area contributed by atoms with E-state index in [0.29, 0.717) is 6.07 Å². The van der Waals surface area contributed by atoms with Crippen molar-refractivity contribution in [2.75, 3.05) is 0 Å². The molecule has 0 unspecified atom stereocenters. The van der Waals surface area contributed by atoms with Crippen LogP contribution in [0.3, 0.4) is 0 Å². The average molecular weight is 469 g/mol. The highest BCUT2D eigenvalue weighted by Gasteiger charge is 2.36. The Morgan fingerprint density at radius 3 is 2.25 bits per heavy atom. The van der Waals surface area contributed by atoms with Gasteiger partial charge in [0.1, 0.15) is 16.9 Å². The number of hydrogen-bond acceptors (Lipinski definition) is 6. The lowest BCUT2D eigenvalue weighted by Gasteiger charge is -2.24. The molecule has 2 aromatic carbocycles. The van der Waals surface area contributed by atoms with Gasteiger partial charge in [0.05, 0.1) is 10.5 Å². The summed E-state index contributed by atoms with van der Waals surface area (Å²) < 4.78 is 76.8. The normalized spacial score (nSPS) is 12.7. The fourth-order valence-electron chi connectivity index (χ4n) is 2.83. The Hall–Kier alpha value is -3.18. The maximum atomic E-state index is 13.2. The number of benzene rings is 2. The first-order chi connectivity index (χ1) is 14.7. The van der Waals surface area contributed by atoms with Crippen molar-refractivity contribution in [1.29, 1.82) is 0 Å². The van der Waals surface area contributed by atoms with Crippen LogP contribution in [0.2, 0.25) is 0 Å². The molecule has 32 heavy (non-hydrogen) atoms. The maximum absolute atomic E-state index is 13.2. The summed E-state index contributed by atoms with van der Waals surface area (Å²) in [5.41, 5.74) is -3.73. The van der Waals surface area contributed by atoms with E-state index >= 15 is 0 Å². The minimum atomic E-state index is -4.79. The fraction of sp³-hybridized carbons (Fsp3) is 0.238. The number of sulfonamides is 1. The SMILES string of the molecule is Cc1ccc(S(=O)(=O)NC(C)(C)C(=O)Oc2ccc3c(C(F)(F)F)cc(=O)oc3c2)cc1. The van der Waals surface area contributed by atoms with Crippen LogP contribution in [0, 0.1) is 6.92 Å². The number of esters is 1. The zero-order chi connectivity index (χ0) is 23.9. The quantitative estimate of drug-likeness (QED) is 0.347. The van der Waals surface area contributed by atoms with Crippen molar-refractivity contribution >= 4 is 27.0 Å². The lowest BCUT2D eigenvalue weighted by Crippen LogP contribution is -2.51. The molecule has 0 radical (unpaired) electrons. The molecule has 170 valence electrons. The van der Waals surface area contributed by atoms with Crippen molar-refractivity contribution in [3.63, 3.8) is 0 Å². The van der Waals surface area contributed by atoms with Gasteiger partial charge in [-0.1, -0.05) is 17.7 Å². The fourth-order valence-corrected chi connectivity index (χ4v) is 4.20. The molecule has 0 amide bonds. The van der Waals surface area contributed by atoms with Crippen molar-refractivity contribution in [1.82, 2.24) is 4.72 Å². The predicted molar refractivity (Wildman–Crippen MR) is 109 cm³/mol. The molecule has 11 heteroatoms. The van der Waals surface area contributed by atoms with Gasteiger partial charge in [0, 0.05) is 17.5 Å². The van der Waals surface area contributed by atoms with E-state index in [-0.39, 0.29) is 10.6 Å². The highest BCUT2D eigenvalue weighted by molar-refractivity contribution is 7.89. The molecule has 0 atom stereocenters. The zero-order valence-corrected chi connectivity index (χ0v) is 17.9. The third-order valence-electron chi connectivity index (χ3n) is 4.46. The molecular weight excluding hydrogens is 451 g/mol. The van der Waals surface area contributed by atoms with Gasteiger partial charge in [-0.15, -0.1) is 0 Å². The van der Waals surface area contributed by atoms with Crippen LogP contribution in [0.15, 0.2) is 62.6 Å². The summed E-state index contributed by atoms with van der Waals surface area (Å²) in [5.74, 6) is -1.26. The van der Waals surface area contributed by atoms with E-state index in [2.05, 4.69) is 4.72 Å². The Bertz CT molecular complexity index is 1340. The van der Waals surface area contributed by atoms with Gasteiger partial charge < -0.3 is 9.15 Å². The van der Waals surface area contributed by atoms with Gasteiger partial charge in [0.25, 0.3) is 0 Å². The topological polar surface area (TPSA) is 103 Å². The van der Waals surface area contributed by atoms with Crippen LogP contribution in [0.25, 0.3) is 11.0 Å². The minimum absolute atomic E-state index is 0.0591. The van der Waals surface area contributed by atoms with Crippen molar-refractivity contribution in [3.05, 3.63) is 70.1 Å². The summed E-state index contributed by atoms with van der Waals surface area (Å²) in [7, 11) is -4.07. The van der Waals surface area contributed by atoms with Crippen LogP contribution >= 0.6 is 0 Å². The Balaban J connectivity index is 1.87. The first-order valence-electron chi connectivity index (χ1n) is 9.17. The molecule has 0 saturated heterocycles. The highest BCUT2D eigenvalue weighted by Crippen LogP contribution is 2.35. The summed E-state index contributed by atoms with van der Waals surface area (Å²) in [6, 6.07) is 9.31. The molecule has 0 fully saturated rings. The van der Waals surface area contributed by atoms with Gasteiger partial charge >= 0.3 is 17.8 Å². The van der Waals surface area contributed by atoms with Crippen LogP contribution in [0.4, 0.5) is 13.2 Å². The van der Waals surface area contributed by atoms with Gasteiger partial charge in [0.15, 0.2) is 0 Å². The molecule has 3 aromatic rings. The molecule has 3 rings (SSSR count). The van der Waals surface area contributed by atoms with Crippen LogP contribution in [0.1, 0.15) is 25.0 Å². The Kier molecular flexibility index (Phi) is 5.92. The molecule has 0 spiro atoms. The summed E-state index contributed by atoms with van der Waals surface area (Å²) in [6.45, 7) is 4.32. The average Bonchev–Trinajstić information content (AvgIpc) is 2.65. The lowest BCUT2D eigenvalue weighted by atomic mass is 10.1. The number of ether oxygens (including phenoxy) is 1. The first kappa shape index (κ1) is 23.5. The molecule has 1 heterocycles. The van der Waals surface area contributed by atoms with Crippen LogP contribution in [-0.4, -0.2) is 19.9 Å². The van der Waals surface area contributed by atoms with Gasteiger partial charge in [-0.25, -0.2) is 18.0 Å². The Labute approximate surface area is 180 Å². The standard InChI is InChI=1S/C21H18F3NO6S/c1-12-4-7-14(8-5-12)32(28,29)25-20(2,3)19(27)30-13-6-9-15-16(21(22,23)24)11-18(26)31-17(15)10-13/h4-11,25H,1-3H3. The summed E-state index contributed by atoms with van der Waals surface area (Å²) in [6.07, 6.45) is -4.79. The molecule has 0 bridgehead atoms. The number of rotatable bonds is 5. The second kappa shape index (κ2) is 8.06.